The van der Waals surface area contributed by atoms with Crippen LogP contribution in [0, 0.1) is 0 Å². The molecule has 1 aromatic carbocycles. The number of hydrogen-bond donors (Lipinski definition) is 2. The van der Waals surface area contributed by atoms with E-state index in [1.807, 2.05) is 30.3 Å². The highest BCUT2D eigenvalue weighted by molar-refractivity contribution is 7.14. The maximum atomic E-state index is 11.0. The van der Waals surface area contributed by atoms with Crippen LogP contribution < -0.4 is 5.73 Å². The van der Waals surface area contributed by atoms with E-state index >= 15 is 0 Å². The zero-order valence-corrected chi connectivity index (χ0v) is 8.62. The van der Waals surface area contributed by atoms with Crippen LogP contribution in [0.4, 0.5) is 5.00 Å². The van der Waals surface area contributed by atoms with Crippen molar-refractivity contribution in [1.29, 1.82) is 0 Å². The Kier molecular flexibility index (Phi) is 2.43. The second-order valence-corrected chi connectivity index (χ2v) is 3.97. The third kappa shape index (κ3) is 1.71. The average Bonchev–Trinajstić information content (AvgIpc) is 2.61. The second kappa shape index (κ2) is 3.74. The number of aromatic carboxylic acids is 1. The summed E-state index contributed by atoms with van der Waals surface area (Å²) >= 11 is 1.25. The van der Waals surface area contributed by atoms with E-state index in [-0.39, 0.29) is 5.56 Å². The number of thiophene rings is 1. The molecule has 2 rings (SSSR count). The largest absolute Gasteiger partial charge is 0.478 e. The standard InChI is InChI=1S/C11H9NO2S/c12-10-9(11(13)14)8(6-15-10)7-4-2-1-3-5-7/h1-6H,12H2,(H,13,14). The number of carboxylic acid groups (broad SMARTS) is 1. The number of anilines is 1. The lowest BCUT2D eigenvalue weighted by Gasteiger charge is -2.00. The van der Waals surface area contributed by atoms with E-state index in [1.165, 1.54) is 11.3 Å². The van der Waals surface area contributed by atoms with Gasteiger partial charge in [-0.3, -0.25) is 0 Å². The van der Waals surface area contributed by atoms with E-state index in [1.54, 1.807) is 5.38 Å². The van der Waals surface area contributed by atoms with Gasteiger partial charge in [0.25, 0.3) is 0 Å². The molecule has 2 aromatic rings. The van der Waals surface area contributed by atoms with Crippen LogP contribution in [-0.2, 0) is 0 Å². The zero-order valence-electron chi connectivity index (χ0n) is 7.81. The summed E-state index contributed by atoms with van der Waals surface area (Å²) in [6, 6.07) is 9.37. The summed E-state index contributed by atoms with van der Waals surface area (Å²) in [4.78, 5) is 11.0. The van der Waals surface area contributed by atoms with Crippen molar-refractivity contribution in [3.05, 3.63) is 41.3 Å². The van der Waals surface area contributed by atoms with Crippen molar-refractivity contribution in [2.45, 2.75) is 0 Å². The topological polar surface area (TPSA) is 63.3 Å². The number of nitrogen functional groups attached to an aromatic ring is 1. The number of benzene rings is 1. The maximum absolute atomic E-state index is 11.0. The minimum absolute atomic E-state index is 0.200. The number of hydrogen-bond acceptors (Lipinski definition) is 3. The molecule has 3 nitrogen and oxygen atoms in total. The summed E-state index contributed by atoms with van der Waals surface area (Å²) in [5, 5.41) is 11.1. The van der Waals surface area contributed by atoms with Crippen LogP contribution >= 0.6 is 11.3 Å². The molecule has 1 heterocycles. The molecule has 1 aromatic heterocycles. The normalized spacial score (nSPS) is 10.1. The van der Waals surface area contributed by atoms with Gasteiger partial charge in [0.15, 0.2) is 0 Å². The van der Waals surface area contributed by atoms with Gasteiger partial charge in [-0.25, -0.2) is 4.79 Å². The summed E-state index contributed by atoms with van der Waals surface area (Å²) in [6.07, 6.45) is 0. The number of carbonyl (C=O) groups is 1. The van der Waals surface area contributed by atoms with Gasteiger partial charge in [-0.2, -0.15) is 0 Å². The molecule has 0 aliphatic heterocycles. The Bertz CT molecular complexity index is 491. The van der Waals surface area contributed by atoms with E-state index in [2.05, 4.69) is 0 Å². The first-order valence-corrected chi connectivity index (χ1v) is 5.24. The van der Waals surface area contributed by atoms with E-state index in [0.717, 1.165) is 5.56 Å². The van der Waals surface area contributed by atoms with Gasteiger partial charge in [0, 0.05) is 10.9 Å². The highest BCUT2D eigenvalue weighted by atomic mass is 32.1. The Morgan fingerprint density at radius 2 is 1.93 bits per heavy atom. The van der Waals surface area contributed by atoms with Gasteiger partial charge < -0.3 is 10.8 Å². The van der Waals surface area contributed by atoms with Crippen LogP contribution in [0.15, 0.2) is 35.7 Å². The maximum Gasteiger partial charge on any atom is 0.339 e. The van der Waals surface area contributed by atoms with E-state index in [9.17, 15) is 4.79 Å². The van der Waals surface area contributed by atoms with Crippen LogP contribution in [0.3, 0.4) is 0 Å². The third-order valence-corrected chi connectivity index (χ3v) is 2.93. The number of nitrogens with two attached hydrogens (primary N) is 1. The summed E-state index contributed by atoms with van der Waals surface area (Å²) < 4.78 is 0. The Morgan fingerprint density at radius 1 is 1.27 bits per heavy atom. The van der Waals surface area contributed by atoms with Crippen molar-refractivity contribution in [3.8, 4) is 11.1 Å². The van der Waals surface area contributed by atoms with Crippen molar-refractivity contribution in [3.63, 3.8) is 0 Å². The Labute approximate surface area is 90.8 Å². The van der Waals surface area contributed by atoms with Crippen LogP contribution in [0.25, 0.3) is 11.1 Å². The fraction of sp³-hybridized carbons (Fsp3) is 0. The third-order valence-electron chi connectivity index (χ3n) is 2.12. The van der Waals surface area contributed by atoms with Crippen molar-refractivity contribution < 1.29 is 9.90 Å². The van der Waals surface area contributed by atoms with Crippen LogP contribution in [0.5, 0.6) is 0 Å². The molecule has 0 aliphatic carbocycles. The molecule has 4 heteroatoms. The smallest absolute Gasteiger partial charge is 0.339 e. The monoisotopic (exact) mass is 219 g/mol. The van der Waals surface area contributed by atoms with Gasteiger partial charge in [0.1, 0.15) is 10.6 Å². The van der Waals surface area contributed by atoms with Crippen LogP contribution in [0.2, 0.25) is 0 Å². The Morgan fingerprint density at radius 3 is 2.53 bits per heavy atom. The summed E-state index contributed by atoms with van der Waals surface area (Å²) in [7, 11) is 0. The summed E-state index contributed by atoms with van der Waals surface area (Å²) in [5.41, 5.74) is 7.38. The first kappa shape index (κ1) is 9.73. The van der Waals surface area contributed by atoms with Crippen LogP contribution in [0.1, 0.15) is 10.4 Å². The molecular formula is C11H9NO2S. The van der Waals surface area contributed by atoms with Gasteiger partial charge in [-0.05, 0) is 5.56 Å². The molecule has 0 unspecified atom stereocenters. The minimum atomic E-state index is -0.979. The molecular weight excluding hydrogens is 210 g/mol. The predicted octanol–water partition coefficient (Wildman–Crippen LogP) is 2.70. The summed E-state index contributed by atoms with van der Waals surface area (Å²) in [6.45, 7) is 0. The van der Waals surface area contributed by atoms with Gasteiger partial charge >= 0.3 is 5.97 Å². The molecule has 76 valence electrons. The lowest BCUT2D eigenvalue weighted by atomic mass is 10.0. The highest BCUT2D eigenvalue weighted by Crippen LogP contribution is 2.33. The minimum Gasteiger partial charge on any atom is -0.478 e. The zero-order chi connectivity index (χ0) is 10.8. The van der Waals surface area contributed by atoms with E-state index in [0.29, 0.717) is 10.6 Å². The second-order valence-electron chi connectivity index (χ2n) is 3.06. The number of carboxylic acids is 1. The molecule has 0 bridgehead atoms. The molecule has 0 spiro atoms. The van der Waals surface area contributed by atoms with E-state index in [4.69, 9.17) is 10.8 Å². The fourth-order valence-electron chi connectivity index (χ4n) is 1.42. The lowest BCUT2D eigenvalue weighted by molar-refractivity contribution is 0.0699. The van der Waals surface area contributed by atoms with Gasteiger partial charge in [-0.1, -0.05) is 30.3 Å². The number of rotatable bonds is 2. The summed E-state index contributed by atoms with van der Waals surface area (Å²) in [5.74, 6) is -0.979. The average molecular weight is 219 g/mol. The van der Waals surface area contributed by atoms with E-state index < -0.39 is 5.97 Å². The lowest BCUT2D eigenvalue weighted by Crippen LogP contribution is -2.00. The van der Waals surface area contributed by atoms with Gasteiger partial charge in [-0.15, -0.1) is 11.3 Å². The van der Waals surface area contributed by atoms with Crippen molar-refractivity contribution in [2.24, 2.45) is 0 Å². The molecule has 0 atom stereocenters. The molecule has 3 N–H and O–H groups in total. The molecule has 0 radical (unpaired) electrons. The first-order valence-electron chi connectivity index (χ1n) is 4.36. The molecule has 0 saturated heterocycles. The molecule has 15 heavy (non-hydrogen) atoms. The Hall–Kier alpha value is -1.81. The quantitative estimate of drug-likeness (QED) is 0.816. The predicted molar refractivity (Wildman–Crippen MR) is 61.1 cm³/mol. The van der Waals surface area contributed by atoms with Crippen molar-refractivity contribution in [1.82, 2.24) is 0 Å². The first-order chi connectivity index (χ1) is 7.20. The molecule has 0 aliphatic rings. The van der Waals surface area contributed by atoms with Crippen molar-refractivity contribution >= 4 is 22.3 Å². The van der Waals surface area contributed by atoms with Gasteiger partial charge in [0.2, 0.25) is 0 Å². The van der Waals surface area contributed by atoms with Crippen LogP contribution in [-0.4, -0.2) is 11.1 Å². The van der Waals surface area contributed by atoms with Gasteiger partial charge in [0.05, 0.1) is 0 Å². The highest BCUT2D eigenvalue weighted by Gasteiger charge is 2.16. The SMILES string of the molecule is Nc1scc(-c2ccccc2)c1C(=O)O. The van der Waals surface area contributed by atoms with Crippen molar-refractivity contribution in [2.75, 3.05) is 5.73 Å². The fourth-order valence-corrected chi connectivity index (χ4v) is 2.24. The molecule has 0 amide bonds. The Balaban J connectivity index is 2.59. The molecule has 0 saturated carbocycles. The molecule has 0 fully saturated rings.